The quantitative estimate of drug-likeness (QED) is 0.751. The number of nitrogens with one attached hydrogen (secondary N) is 1. The minimum absolute atomic E-state index is 0.00387. The van der Waals surface area contributed by atoms with Crippen LogP contribution in [0.4, 0.5) is 0 Å². The zero-order chi connectivity index (χ0) is 17.5. The lowest BCUT2D eigenvalue weighted by atomic mass is 10.0. The largest absolute Gasteiger partial charge is 0.355 e. The fourth-order valence-corrected chi connectivity index (χ4v) is 3.76. The van der Waals surface area contributed by atoms with Crippen molar-refractivity contribution in [1.82, 2.24) is 9.62 Å². The molecule has 1 aromatic carbocycles. The van der Waals surface area contributed by atoms with E-state index in [9.17, 15) is 13.2 Å². The van der Waals surface area contributed by atoms with Crippen molar-refractivity contribution in [2.75, 3.05) is 19.3 Å². The minimum atomic E-state index is -3.36. The number of carbonyl (C=O) groups excluding carboxylic acids is 1. The van der Waals surface area contributed by atoms with Gasteiger partial charge in [-0.3, -0.25) is 4.79 Å². The lowest BCUT2D eigenvalue weighted by Crippen LogP contribution is -2.40. The molecule has 1 aromatic rings. The van der Waals surface area contributed by atoms with Crippen molar-refractivity contribution in [2.24, 2.45) is 5.92 Å². The molecule has 0 spiro atoms. The van der Waals surface area contributed by atoms with E-state index in [1.807, 2.05) is 51.1 Å². The van der Waals surface area contributed by atoms with E-state index in [1.54, 1.807) is 0 Å². The highest BCUT2D eigenvalue weighted by Crippen LogP contribution is 2.22. The van der Waals surface area contributed by atoms with Crippen LogP contribution in [-0.2, 0) is 14.8 Å². The molecule has 6 heteroatoms. The van der Waals surface area contributed by atoms with Crippen molar-refractivity contribution in [3.8, 4) is 0 Å². The summed E-state index contributed by atoms with van der Waals surface area (Å²) in [6, 6.07) is 9.23. The Balaban J connectivity index is 2.72. The average Bonchev–Trinajstić information content (AvgIpc) is 2.52. The van der Waals surface area contributed by atoms with Crippen molar-refractivity contribution >= 4 is 15.9 Å². The van der Waals surface area contributed by atoms with E-state index in [4.69, 9.17) is 0 Å². The van der Waals surface area contributed by atoms with Crippen LogP contribution in [0.15, 0.2) is 30.3 Å². The topological polar surface area (TPSA) is 66.5 Å². The third-order valence-corrected chi connectivity index (χ3v) is 5.48. The van der Waals surface area contributed by atoms with Crippen LogP contribution in [0, 0.1) is 5.92 Å². The molecular weight excluding hydrogens is 312 g/mol. The van der Waals surface area contributed by atoms with Crippen LogP contribution >= 0.6 is 0 Å². The van der Waals surface area contributed by atoms with E-state index in [0.717, 1.165) is 18.4 Å². The first-order chi connectivity index (χ1) is 10.8. The van der Waals surface area contributed by atoms with E-state index in [0.29, 0.717) is 6.54 Å². The monoisotopic (exact) mass is 340 g/mol. The van der Waals surface area contributed by atoms with E-state index < -0.39 is 10.0 Å². The highest BCUT2D eigenvalue weighted by Gasteiger charge is 2.24. The smallest absolute Gasteiger partial charge is 0.223 e. The van der Waals surface area contributed by atoms with Gasteiger partial charge < -0.3 is 5.32 Å². The molecule has 0 aliphatic rings. The van der Waals surface area contributed by atoms with Gasteiger partial charge in [0.25, 0.3) is 0 Å². The Hall–Kier alpha value is -1.40. The second kappa shape index (κ2) is 9.03. The summed E-state index contributed by atoms with van der Waals surface area (Å²) in [6.45, 7) is 6.40. The van der Waals surface area contributed by atoms with E-state index in [1.165, 1.54) is 10.6 Å². The Morgan fingerprint density at radius 3 is 2.22 bits per heavy atom. The standard InChI is InChI=1S/C17H28N2O3S/c1-5-15(6-2)17(20)18-12-13-19(23(4,21)22)14(3)16-10-8-7-9-11-16/h7-11,14-15H,5-6,12-13H2,1-4H3,(H,18,20). The molecule has 0 heterocycles. The first kappa shape index (κ1) is 19.6. The predicted molar refractivity (Wildman–Crippen MR) is 93.5 cm³/mol. The Bertz CT molecular complexity index is 583. The van der Waals surface area contributed by atoms with Crippen LogP contribution in [-0.4, -0.2) is 38.0 Å². The highest BCUT2D eigenvalue weighted by molar-refractivity contribution is 7.88. The number of carbonyl (C=O) groups is 1. The van der Waals surface area contributed by atoms with Gasteiger partial charge in [0.1, 0.15) is 0 Å². The molecule has 0 bridgehead atoms. The Morgan fingerprint density at radius 1 is 1.17 bits per heavy atom. The lowest BCUT2D eigenvalue weighted by molar-refractivity contribution is -0.125. The van der Waals surface area contributed by atoms with Gasteiger partial charge in [0.15, 0.2) is 0 Å². The molecule has 130 valence electrons. The molecule has 1 unspecified atom stereocenters. The van der Waals surface area contributed by atoms with Gasteiger partial charge in [-0.2, -0.15) is 4.31 Å². The number of amides is 1. The third kappa shape index (κ3) is 5.95. The van der Waals surface area contributed by atoms with Crippen LogP contribution in [0.25, 0.3) is 0 Å². The fourth-order valence-electron chi connectivity index (χ4n) is 2.64. The summed E-state index contributed by atoms with van der Waals surface area (Å²) < 4.78 is 25.6. The van der Waals surface area contributed by atoms with E-state index in [-0.39, 0.29) is 24.4 Å². The molecule has 0 aliphatic carbocycles. The molecule has 0 saturated carbocycles. The fraction of sp³-hybridized carbons (Fsp3) is 0.588. The molecule has 1 amide bonds. The summed E-state index contributed by atoms with van der Waals surface area (Å²) >= 11 is 0. The predicted octanol–water partition coefficient (Wildman–Crippen LogP) is 2.56. The second-order valence-electron chi connectivity index (χ2n) is 5.76. The summed E-state index contributed by atoms with van der Waals surface area (Å²) in [5, 5.41) is 2.85. The van der Waals surface area contributed by atoms with Gasteiger partial charge in [-0.05, 0) is 25.3 Å². The molecule has 5 nitrogen and oxygen atoms in total. The number of nitrogens with zero attached hydrogens (tertiary/aromatic N) is 1. The molecule has 0 fully saturated rings. The SMILES string of the molecule is CCC(CC)C(=O)NCCN(C(C)c1ccccc1)S(C)(=O)=O. The second-order valence-corrected chi connectivity index (χ2v) is 7.70. The number of hydrogen-bond donors (Lipinski definition) is 1. The number of hydrogen-bond acceptors (Lipinski definition) is 3. The van der Waals surface area contributed by atoms with Crippen molar-refractivity contribution in [1.29, 1.82) is 0 Å². The maximum Gasteiger partial charge on any atom is 0.223 e. The summed E-state index contributed by atoms with van der Waals surface area (Å²) in [7, 11) is -3.36. The Labute approximate surface area is 140 Å². The number of benzene rings is 1. The van der Waals surface area contributed by atoms with Crippen molar-refractivity contribution in [2.45, 2.75) is 39.7 Å². The Morgan fingerprint density at radius 2 is 1.74 bits per heavy atom. The first-order valence-corrected chi connectivity index (χ1v) is 9.95. The number of sulfonamides is 1. The van der Waals surface area contributed by atoms with Crippen LogP contribution in [0.1, 0.15) is 45.2 Å². The zero-order valence-corrected chi connectivity index (χ0v) is 15.3. The molecule has 0 aromatic heterocycles. The van der Waals surface area contributed by atoms with Gasteiger partial charge in [-0.1, -0.05) is 44.2 Å². The van der Waals surface area contributed by atoms with Crippen molar-refractivity contribution < 1.29 is 13.2 Å². The van der Waals surface area contributed by atoms with E-state index in [2.05, 4.69) is 5.32 Å². The molecule has 0 saturated heterocycles. The normalized spacial score (nSPS) is 13.3. The molecule has 0 aliphatic heterocycles. The molecule has 1 rings (SSSR count). The van der Waals surface area contributed by atoms with Gasteiger partial charge in [-0.25, -0.2) is 8.42 Å². The molecule has 23 heavy (non-hydrogen) atoms. The summed E-state index contributed by atoms with van der Waals surface area (Å²) in [5.41, 5.74) is 0.934. The molecular formula is C17H28N2O3S. The van der Waals surface area contributed by atoms with Gasteiger partial charge in [-0.15, -0.1) is 0 Å². The summed E-state index contributed by atoms with van der Waals surface area (Å²) in [4.78, 5) is 12.0. The van der Waals surface area contributed by atoms with E-state index >= 15 is 0 Å². The first-order valence-electron chi connectivity index (χ1n) is 8.10. The number of rotatable bonds is 9. The van der Waals surface area contributed by atoms with Gasteiger partial charge in [0, 0.05) is 25.0 Å². The van der Waals surface area contributed by atoms with Crippen LogP contribution in [0.3, 0.4) is 0 Å². The van der Waals surface area contributed by atoms with Crippen molar-refractivity contribution in [3.05, 3.63) is 35.9 Å². The maximum atomic E-state index is 12.1. The molecule has 0 radical (unpaired) electrons. The van der Waals surface area contributed by atoms with Crippen LogP contribution in [0.2, 0.25) is 0 Å². The minimum Gasteiger partial charge on any atom is -0.355 e. The molecule has 1 N–H and O–H groups in total. The average molecular weight is 340 g/mol. The molecule has 1 atom stereocenters. The third-order valence-electron chi connectivity index (χ3n) is 4.13. The summed E-state index contributed by atoms with van der Waals surface area (Å²) in [5.74, 6) is -0.0101. The van der Waals surface area contributed by atoms with Gasteiger partial charge in [0.05, 0.1) is 6.26 Å². The zero-order valence-electron chi connectivity index (χ0n) is 14.5. The van der Waals surface area contributed by atoms with Crippen LogP contribution in [0.5, 0.6) is 0 Å². The van der Waals surface area contributed by atoms with Crippen LogP contribution < -0.4 is 5.32 Å². The van der Waals surface area contributed by atoms with Gasteiger partial charge >= 0.3 is 0 Å². The summed E-state index contributed by atoms with van der Waals surface area (Å²) in [6.07, 6.45) is 2.78. The maximum absolute atomic E-state index is 12.1. The highest BCUT2D eigenvalue weighted by atomic mass is 32.2. The van der Waals surface area contributed by atoms with Crippen molar-refractivity contribution in [3.63, 3.8) is 0 Å². The Kier molecular flexibility index (Phi) is 7.72. The van der Waals surface area contributed by atoms with Gasteiger partial charge in [0.2, 0.25) is 15.9 Å². The lowest BCUT2D eigenvalue weighted by Gasteiger charge is -2.27.